The van der Waals surface area contributed by atoms with Gasteiger partial charge in [-0.2, -0.15) is 0 Å². The van der Waals surface area contributed by atoms with Crippen LogP contribution in [-0.2, 0) is 0 Å². The van der Waals surface area contributed by atoms with Crippen molar-refractivity contribution in [2.24, 2.45) is 11.8 Å². The van der Waals surface area contributed by atoms with Crippen LogP contribution in [0.2, 0.25) is 0 Å². The van der Waals surface area contributed by atoms with Gasteiger partial charge in [-0.25, -0.2) is 0 Å². The Bertz CT molecular complexity index is 433. The Hall–Kier alpha value is -0.850. The van der Waals surface area contributed by atoms with Crippen molar-refractivity contribution in [1.82, 2.24) is 0 Å². The summed E-state index contributed by atoms with van der Waals surface area (Å²) in [5.41, 5.74) is 3.08. The largest absolute Gasteiger partial charge is 0.251 e. The molecule has 0 radical (unpaired) electrons. The molecule has 2 saturated carbocycles. The number of hydrogen-bond donors (Lipinski definition) is 0. The SMILES string of the molecule is CC1CCC(c2ccc(C3CCC(CCF)CC3)cc2)CC1. The molecule has 122 valence electrons. The molecule has 0 unspecified atom stereocenters. The smallest absolute Gasteiger partial charge is 0.0897 e. The maximum atomic E-state index is 12.4. The minimum Gasteiger partial charge on any atom is -0.251 e. The predicted octanol–water partition coefficient (Wildman–Crippen LogP) is 6.61. The zero-order valence-corrected chi connectivity index (χ0v) is 14.1. The van der Waals surface area contributed by atoms with Gasteiger partial charge in [0, 0.05) is 0 Å². The van der Waals surface area contributed by atoms with Gasteiger partial charge in [-0.15, -0.1) is 0 Å². The molecule has 0 aromatic heterocycles. The number of halogens is 1. The summed E-state index contributed by atoms with van der Waals surface area (Å²) in [5, 5.41) is 0. The number of benzene rings is 1. The molecular weight excluding hydrogens is 271 g/mol. The van der Waals surface area contributed by atoms with E-state index in [2.05, 4.69) is 31.2 Å². The molecule has 2 fully saturated rings. The van der Waals surface area contributed by atoms with Crippen molar-refractivity contribution in [3.8, 4) is 0 Å². The van der Waals surface area contributed by atoms with Crippen molar-refractivity contribution < 1.29 is 4.39 Å². The fourth-order valence-corrected chi connectivity index (χ4v) is 4.57. The molecule has 3 rings (SSSR count). The molecule has 1 aromatic carbocycles. The van der Waals surface area contributed by atoms with Crippen molar-refractivity contribution in [2.45, 2.75) is 76.5 Å². The van der Waals surface area contributed by atoms with Gasteiger partial charge < -0.3 is 0 Å². The van der Waals surface area contributed by atoms with E-state index in [-0.39, 0.29) is 6.67 Å². The van der Waals surface area contributed by atoms with Gasteiger partial charge in [-0.1, -0.05) is 44.0 Å². The quantitative estimate of drug-likeness (QED) is 0.586. The molecule has 0 spiro atoms. The third-order valence-electron chi connectivity index (χ3n) is 6.26. The van der Waals surface area contributed by atoms with Crippen LogP contribution in [0.3, 0.4) is 0 Å². The van der Waals surface area contributed by atoms with E-state index in [1.165, 1.54) is 56.9 Å². The summed E-state index contributed by atoms with van der Waals surface area (Å²) in [6, 6.07) is 9.55. The highest BCUT2D eigenvalue weighted by atomic mass is 19.1. The summed E-state index contributed by atoms with van der Waals surface area (Å²) in [6.07, 6.45) is 11.3. The van der Waals surface area contributed by atoms with Crippen LogP contribution < -0.4 is 0 Å². The van der Waals surface area contributed by atoms with Crippen LogP contribution >= 0.6 is 0 Å². The molecule has 1 heteroatoms. The van der Waals surface area contributed by atoms with Gasteiger partial charge in [-0.3, -0.25) is 4.39 Å². The molecule has 0 heterocycles. The zero-order valence-electron chi connectivity index (χ0n) is 14.1. The van der Waals surface area contributed by atoms with Crippen LogP contribution in [0, 0.1) is 11.8 Å². The van der Waals surface area contributed by atoms with Crippen molar-refractivity contribution in [3.05, 3.63) is 35.4 Å². The van der Waals surface area contributed by atoms with Gasteiger partial charge >= 0.3 is 0 Å². The van der Waals surface area contributed by atoms with E-state index in [9.17, 15) is 4.39 Å². The number of hydrogen-bond acceptors (Lipinski definition) is 0. The second-order valence-corrected chi connectivity index (χ2v) is 7.82. The monoisotopic (exact) mass is 302 g/mol. The van der Waals surface area contributed by atoms with Gasteiger partial charge in [-0.05, 0) is 79.7 Å². The highest BCUT2D eigenvalue weighted by molar-refractivity contribution is 5.28. The van der Waals surface area contributed by atoms with E-state index in [0.717, 1.165) is 24.2 Å². The molecule has 0 N–H and O–H groups in total. The minimum absolute atomic E-state index is 0.135. The molecule has 1 aromatic rings. The Morgan fingerprint density at radius 1 is 0.773 bits per heavy atom. The minimum atomic E-state index is -0.135. The maximum absolute atomic E-state index is 12.4. The molecular formula is C21H31F. The first-order valence-corrected chi connectivity index (χ1v) is 9.42. The molecule has 0 bridgehead atoms. The first-order chi connectivity index (χ1) is 10.8. The lowest BCUT2D eigenvalue weighted by Gasteiger charge is -2.29. The van der Waals surface area contributed by atoms with Crippen LogP contribution in [0.4, 0.5) is 4.39 Å². The van der Waals surface area contributed by atoms with Crippen LogP contribution in [0.5, 0.6) is 0 Å². The van der Waals surface area contributed by atoms with Crippen molar-refractivity contribution in [2.75, 3.05) is 6.67 Å². The Morgan fingerprint density at radius 3 is 1.68 bits per heavy atom. The van der Waals surface area contributed by atoms with E-state index in [4.69, 9.17) is 0 Å². The van der Waals surface area contributed by atoms with Crippen LogP contribution in [0.15, 0.2) is 24.3 Å². The number of alkyl halides is 1. The summed E-state index contributed by atoms with van der Waals surface area (Å²) in [5.74, 6) is 3.08. The molecule has 0 aliphatic heterocycles. The van der Waals surface area contributed by atoms with Crippen LogP contribution in [0.25, 0.3) is 0 Å². The van der Waals surface area contributed by atoms with Crippen molar-refractivity contribution >= 4 is 0 Å². The van der Waals surface area contributed by atoms with Crippen molar-refractivity contribution in [1.29, 1.82) is 0 Å². The van der Waals surface area contributed by atoms with E-state index < -0.39 is 0 Å². The summed E-state index contributed by atoms with van der Waals surface area (Å²) >= 11 is 0. The fraction of sp³-hybridized carbons (Fsp3) is 0.714. The van der Waals surface area contributed by atoms with Gasteiger partial charge in [0.15, 0.2) is 0 Å². The lowest BCUT2D eigenvalue weighted by molar-refractivity contribution is 0.283. The molecule has 0 atom stereocenters. The lowest BCUT2D eigenvalue weighted by atomic mass is 9.76. The predicted molar refractivity (Wildman–Crippen MR) is 92.1 cm³/mol. The third kappa shape index (κ3) is 3.91. The third-order valence-corrected chi connectivity index (χ3v) is 6.26. The van der Waals surface area contributed by atoms with Crippen molar-refractivity contribution in [3.63, 3.8) is 0 Å². The molecule has 2 aliphatic rings. The van der Waals surface area contributed by atoms with E-state index in [0.29, 0.717) is 5.92 Å². The molecule has 22 heavy (non-hydrogen) atoms. The average molecular weight is 302 g/mol. The number of rotatable bonds is 4. The van der Waals surface area contributed by atoms with E-state index in [1.807, 2.05) is 0 Å². The molecule has 0 amide bonds. The highest BCUT2D eigenvalue weighted by Crippen LogP contribution is 2.39. The zero-order chi connectivity index (χ0) is 15.4. The summed E-state index contributed by atoms with van der Waals surface area (Å²) in [4.78, 5) is 0. The second kappa shape index (κ2) is 7.62. The second-order valence-electron chi connectivity index (χ2n) is 7.82. The maximum Gasteiger partial charge on any atom is 0.0897 e. The van der Waals surface area contributed by atoms with Gasteiger partial charge in [0.2, 0.25) is 0 Å². The summed E-state index contributed by atoms with van der Waals surface area (Å²) in [7, 11) is 0. The van der Waals surface area contributed by atoms with E-state index >= 15 is 0 Å². The standard InChI is InChI=1S/C21H31F/c1-16-2-6-18(7-3-16)20-10-12-21(13-11-20)19-8-4-17(5-9-19)14-15-22/h10-13,16-19H,2-9,14-15H2,1H3. The van der Waals surface area contributed by atoms with Crippen LogP contribution in [-0.4, -0.2) is 6.67 Å². The van der Waals surface area contributed by atoms with Gasteiger partial charge in [0.25, 0.3) is 0 Å². The van der Waals surface area contributed by atoms with Crippen LogP contribution in [0.1, 0.15) is 87.7 Å². The fourth-order valence-electron chi connectivity index (χ4n) is 4.57. The highest BCUT2D eigenvalue weighted by Gasteiger charge is 2.23. The summed E-state index contributed by atoms with van der Waals surface area (Å²) < 4.78 is 12.4. The van der Waals surface area contributed by atoms with Gasteiger partial charge in [0.1, 0.15) is 0 Å². The van der Waals surface area contributed by atoms with E-state index in [1.54, 1.807) is 5.56 Å². The Morgan fingerprint density at radius 2 is 1.23 bits per heavy atom. The molecule has 2 aliphatic carbocycles. The average Bonchev–Trinajstić information content (AvgIpc) is 2.57. The summed E-state index contributed by atoms with van der Waals surface area (Å²) in [6.45, 7) is 2.25. The first-order valence-electron chi connectivity index (χ1n) is 9.42. The Balaban J connectivity index is 1.56. The first kappa shape index (κ1) is 16.0. The van der Waals surface area contributed by atoms with Gasteiger partial charge in [0.05, 0.1) is 6.67 Å². The topological polar surface area (TPSA) is 0 Å². The Labute approximate surface area is 135 Å². The molecule has 0 nitrogen and oxygen atoms in total. The normalized spacial score (nSPS) is 32.8. The lowest BCUT2D eigenvalue weighted by Crippen LogP contribution is -2.14. The molecule has 0 saturated heterocycles. The Kier molecular flexibility index (Phi) is 5.55.